The molecule has 0 unspecified atom stereocenters. The van der Waals surface area contributed by atoms with Crippen molar-refractivity contribution in [2.75, 3.05) is 0 Å². The zero-order valence-electron chi connectivity index (χ0n) is 15.5. The van der Waals surface area contributed by atoms with Gasteiger partial charge in [-0.05, 0) is 44.4 Å². The predicted octanol–water partition coefficient (Wildman–Crippen LogP) is 4.48. The molecule has 25 heavy (non-hydrogen) atoms. The summed E-state index contributed by atoms with van der Waals surface area (Å²) < 4.78 is 6.09. The largest absolute Gasteiger partial charge is 0.481 e. The zero-order chi connectivity index (χ0) is 18.1. The predicted molar refractivity (Wildman–Crippen MR) is 99.4 cm³/mol. The molecule has 0 aromatic heterocycles. The third kappa shape index (κ3) is 6.59. The Balaban J connectivity index is 1.78. The first-order valence-electron chi connectivity index (χ1n) is 10.0. The number of unbranched alkanes of at least 4 members (excludes halogenated alkanes) is 3. The van der Waals surface area contributed by atoms with Crippen molar-refractivity contribution in [1.82, 2.24) is 0 Å². The zero-order valence-corrected chi connectivity index (χ0v) is 15.5. The summed E-state index contributed by atoms with van der Waals surface area (Å²) in [6.07, 6.45) is 18.1. The molecule has 4 heteroatoms. The number of carboxylic acids is 1. The van der Waals surface area contributed by atoms with Gasteiger partial charge in [-0.15, -0.1) is 0 Å². The number of carbonyl (C=O) groups is 1. The Kier molecular flexibility index (Phi) is 8.70. The van der Waals surface area contributed by atoms with Crippen LogP contribution in [0, 0.1) is 11.8 Å². The molecule has 0 radical (unpaired) electrons. The van der Waals surface area contributed by atoms with E-state index in [9.17, 15) is 9.90 Å². The Hall–Kier alpha value is -1.13. The van der Waals surface area contributed by atoms with Crippen LogP contribution >= 0.6 is 0 Å². The maximum atomic E-state index is 10.5. The highest BCUT2D eigenvalue weighted by Crippen LogP contribution is 2.45. The Bertz CT molecular complexity index is 457. The topological polar surface area (TPSA) is 66.8 Å². The average Bonchev–Trinajstić information content (AvgIpc) is 3.17. The van der Waals surface area contributed by atoms with E-state index in [1.165, 1.54) is 12.8 Å². The number of rotatable bonds is 12. The maximum Gasteiger partial charge on any atom is 0.303 e. The first kappa shape index (κ1) is 20.2. The van der Waals surface area contributed by atoms with Crippen LogP contribution in [-0.2, 0) is 9.53 Å². The second kappa shape index (κ2) is 10.8. The second-order valence-electron chi connectivity index (χ2n) is 7.47. The van der Waals surface area contributed by atoms with Gasteiger partial charge in [-0.1, -0.05) is 50.5 Å². The Morgan fingerprint density at radius 2 is 2.00 bits per heavy atom. The number of carboxylic acid groups (broad SMARTS) is 1. The lowest BCUT2D eigenvalue weighted by molar-refractivity contribution is -0.137. The molecule has 2 aliphatic rings. The molecule has 2 saturated heterocycles. The minimum Gasteiger partial charge on any atom is -0.481 e. The lowest BCUT2D eigenvalue weighted by Gasteiger charge is -2.25. The molecular weight excluding hydrogens is 316 g/mol. The van der Waals surface area contributed by atoms with Gasteiger partial charge in [0.1, 0.15) is 0 Å². The minimum atomic E-state index is -0.724. The van der Waals surface area contributed by atoms with E-state index in [2.05, 4.69) is 25.2 Å². The van der Waals surface area contributed by atoms with Crippen molar-refractivity contribution in [3.63, 3.8) is 0 Å². The molecule has 2 heterocycles. The van der Waals surface area contributed by atoms with E-state index in [4.69, 9.17) is 9.84 Å². The monoisotopic (exact) mass is 350 g/mol. The third-order valence-electron chi connectivity index (χ3n) is 5.48. The fraction of sp³-hybridized carbons (Fsp3) is 0.762. The number of allylic oxidation sites excluding steroid dienone is 2. The van der Waals surface area contributed by atoms with E-state index < -0.39 is 5.97 Å². The smallest absolute Gasteiger partial charge is 0.303 e. The van der Waals surface area contributed by atoms with Crippen molar-refractivity contribution < 1.29 is 19.7 Å². The highest BCUT2D eigenvalue weighted by molar-refractivity contribution is 5.66. The molecular formula is C21H34O4. The molecule has 142 valence electrons. The highest BCUT2D eigenvalue weighted by atomic mass is 16.5. The molecule has 2 rings (SSSR count). The second-order valence-corrected chi connectivity index (χ2v) is 7.47. The average molecular weight is 350 g/mol. The molecule has 0 aliphatic carbocycles. The van der Waals surface area contributed by atoms with Crippen LogP contribution in [0.1, 0.15) is 71.1 Å². The molecule has 5 atom stereocenters. The van der Waals surface area contributed by atoms with Crippen molar-refractivity contribution in [2.24, 2.45) is 11.8 Å². The van der Waals surface area contributed by atoms with Gasteiger partial charge in [0.2, 0.25) is 0 Å². The minimum absolute atomic E-state index is 0.239. The van der Waals surface area contributed by atoms with Crippen LogP contribution in [0.15, 0.2) is 24.3 Å². The molecule has 2 N–H and O–H groups in total. The van der Waals surface area contributed by atoms with Crippen LogP contribution in [0.4, 0.5) is 0 Å². The van der Waals surface area contributed by atoms with E-state index in [1.54, 1.807) is 0 Å². The number of fused-ring (bicyclic) bond motifs is 2. The lowest BCUT2D eigenvalue weighted by Crippen LogP contribution is -2.25. The summed E-state index contributed by atoms with van der Waals surface area (Å²) in [6, 6.07) is 0. The number of hydrogen-bond donors (Lipinski definition) is 2. The number of hydrogen-bond acceptors (Lipinski definition) is 3. The van der Waals surface area contributed by atoms with Crippen molar-refractivity contribution >= 4 is 5.97 Å². The van der Waals surface area contributed by atoms with Crippen molar-refractivity contribution in [3.8, 4) is 0 Å². The molecule has 2 bridgehead atoms. The van der Waals surface area contributed by atoms with Gasteiger partial charge in [-0.2, -0.15) is 0 Å². The summed E-state index contributed by atoms with van der Waals surface area (Å²) in [5.41, 5.74) is 0. The van der Waals surface area contributed by atoms with Gasteiger partial charge >= 0.3 is 5.97 Å². The van der Waals surface area contributed by atoms with Crippen molar-refractivity contribution in [3.05, 3.63) is 24.3 Å². The van der Waals surface area contributed by atoms with Gasteiger partial charge in [-0.3, -0.25) is 4.79 Å². The molecule has 2 fully saturated rings. The highest BCUT2D eigenvalue weighted by Gasteiger charge is 2.46. The first-order chi connectivity index (χ1) is 12.1. The Morgan fingerprint density at radius 3 is 2.76 bits per heavy atom. The molecule has 0 amide bonds. The SMILES string of the molecule is CCCCC[C@@H](O)/C=C/[C@H]1[C@@H](C/C=C/CCCC(=O)O)[C@@H]2CC[C@H]1O2. The van der Waals surface area contributed by atoms with Crippen molar-refractivity contribution in [2.45, 2.75) is 89.4 Å². The number of aliphatic hydroxyl groups excluding tert-OH is 1. The molecule has 0 aromatic carbocycles. The molecule has 4 nitrogen and oxygen atoms in total. The van der Waals surface area contributed by atoms with Crippen LogP contribution in [0.25, 0.3) is 0 Å². The van der Waals surface area contributed by atoms with E-state index >= 15 is 0 Å². The number of aliphatic hydroxyl groups is 1. The van der Waals surface area contributed by atoms with E-state index in [0.29, 0.717) is 30.5 Å². The van der Waals surface area contributed by atoms with Crippen molar-refractivity contribution in [1.29, 1.82) is 0 Å². The van der Waals surface area contributed by atoms with Crippen LogP contribution < -0.4 is 0 Å². The van der Waals surface area contributed by atoms with E-state index in [-0.39, 0.29) is 12.5 Å². The van der Waals surface area contributed by atoms with Crippen LogP contribution in [0.2, 0.25) is 0 Å². The molecule has 0 spiro atoms. The van der Waals surface area contributed by atoms with Gasteiger partial charge in [0.25, 0.3) is 0 Å². The summed E-state index contributed by atoms with van der Waals surface area (Å²) >= 11 is 0. The summed E-state index contributed by atoms with van der Waals surface area (Å²) in [4.78, 5) is 10.5. The molecule has 0 aromatic rings. The van der Waals surface area contributed by atoms with Crippen LogP contribution in [0.3, 0.4) is 0 Å². The summed E-state index contributed by atoms with van der Waals surface area (Å²) in [7, 11) is 0. The normalized spacial score (nSPS) is 29.8. The maximum absolute atomic E-state index is 10.5. The van der Waals surface area contributed by atoms with Crippen LogP contribution in [0.5, 0.6) is 0 Å². The van der Waals surface area contributed by atoms with E-state index in [1.807, 2.05) is 6.08 Å². The lowest BCUT2D eigenvalue weighted by atomic mass is 9.77. The number of ether oxygens (including phenoxy) is 1. The Morgan fingerprint density at radius 1 is 1.20 bits per heavy atom. The van der Waals surface area contributed by atoms with Gasteiger partial charge in [0.05, 0.1) is 18.3 Å². The van der Waals surface area contributed by atoms with Gasteiger partial charge in [0, 0.05) is 12.3 Å². The number of aliphatic carboxylic acids is 1. The first-order valence-corrected chi connectivity index (χ1v) is 10.0. The van der Waals surface area contributed by atoms with E-state index in [0.717, 1.165) is 38.5 Å². The molecule has 2 aliphatic heterocycles. The fourth-order valence-corrected chi connectivity index (χ4v) is 4.09. The van der Waals surface area contributed by atoms with Gasteiger partial charge in [-0.25, -0.2) is 0 Å². The fourth-order valence-electron chi connectivity index (χ4n) is 4.09. The van der Waals surface area contributed by atoms with Crippen LogP contribution in [-0.4, -0.2) is 34.5 Å². The summed E-state index contributed by atoms with van der Waals surface area (Å²) in [6.45, 7) is 2.18. The molecule has 0 saturated carbocycles. The van der Waals surface area contributed by atoms with Gasteiger partial charge < -0.3 is 14.9 Å². The van der Waals surface area contributed by atoms with Gasteiger partial charge in [0.15, 0.2) is 0 Å². The standard InChI is InChI=1S/C21H34O4/c1-2-3-6-9-16(22)12-13-18-17(19-14-15-20(18)25-19)10-7-4-5-8-11-21(23)24/h4,7,12-13,16-20,22H,2-3,5-6,8-11,14-15H2,1H3,(H,23,24)/b7-4+,13-12+/t16-,17-,18+,19+,20-/m1/s1. The quantitative estimate of drug-likeness (QED) is 0.402. The summed E-state index contributed by atoms with van der Waals surface area (Å²) in [5.74, 6) is 0.175. The third-order valence-corrected chi connectivity index (χ3v) is 5.48. The summed E-state index contributed by atoms with van der Waals surface area (Å²) in [5, 5.41) is 18.8. The Labute approximate surface area is 152 Å².